The lowest BCUT2D eigenvalue weighted by Crippen LogP contribution is -2.33. The lowest BCUT2D eigenvalue weighted by molar-refractivity contribution is 0.0696. The summed E-state index contributed by atoms with van der Waals surface area (Å²) in [5, 5.41) is 12.3. The van der Waals surface area contributed by atoms with Crippen LogP contribution in [0.2, 0.25) is 0 Å². The van der Waals surface area contributed by atoms with Gasteiger partial charge >= 0.3 is 5.97 Å². The largest absolute Gasteiger partial charge is 0.478 e. The first kappa shape index (κ1) is 13.1. The molecule has 0 radical (unpaired) electrons. The van der Waals surface area contributed by atoms with Crippen molar-refractivity contribution in [2.75, 3.05) is 0 Å². The van der Waals surface area contributed by atoms with Crippen LogP contribution in [0.4, 0.5) is 0 Å². The zero-order chi connectivity index (χ0) is 13.0. The van der Waals surface area contributed by atoms with Gasteiger partial charge in [0, 0.05) is 6.04 Å². The normalized spacial score (nSPS) is 24.7. The van der Waals surface area contributed by atoms with E-state index in [9.17, 15) is 4.79 Å². The maximum Gasteiger partial charge on any atom is 0.338 e. The van der Waals surface area contributed by atoms with Crippen LogP contribution in [0.25, 0.3) is 0 Å². The van der Waals surface area contributed by atoms with Crippen molar-refractivity contribution in [1.29, 1.82) is 0 Å². The number of hydrogen-bond acceptors (Lipinski definition) is 3. The molecule has 0 amide bonds. The van der Waals surface area contributed by atoms with Gasteiger partial charge in [-0.3, -0.25) is 0 Å². The van der Waals surface area contributed by atoms with E-state index in [0.29, 0.717) is 24.3 Å². The third-order valence-electron chi connectivity index (χ3n) is 3.80. The van der Waals surface area contributed by atoms with E-state index >= 15 is 0 Å². The lowest BCUT2D eigenvalue weighted by Gasteiger charge is -2.22. The topological polar surface area (TPSA) is 62.5 Å². The Morgan fingerprint density at radius 2 is 2.22 bits per heavy atom. The predicted molar refractivity (Wildman–Crippen MR) is 68.5 cm³/mol. The van der Waals surface area contributed by atoms with Crippen LogP contribution in [0.1, 0.15) is 55.1 Å². The molecule has 1 aromatic heterocycles. The molecule has 1 heterocycles. The highest BCUT2D eigenvalue weighted by molar-refractivity contribution is 5.87. The van der Waals surface area contributed by atoms with Gasteiger partial charge in [0.15, 0.2) is 0 Å². The third-order valence-corrected chi connectivity index (χ3v) is 3.80. The average molecular weight is 251 g/mol. The second kappa shape index (κ2) is 6.05. The molecule has 1 saturated carbocycles. The van der Waals surface area contributed by atoms with Gasteiger partial charge in [0.2, 0.25) is 0 Å². The zero-order valence-electron chi connectivity index (χ0n) is 10.8. The number of hydrogen-bond donors (Lipinski definition) is 2. The molecule has 2 rings (SSSR count). The van der Waals surface area contributed by atoms with Gasteiger partial charge in [-0.1, -0.05) is 26.2 Å². The molecule has 0 aromatic carbocycles. The van der Waals surface area contributed by atoms with Crippen LogP contribution in [0.3, 0.4) is 0 Å². The predicted octanol–water partition coefficient (Wildman–Crippen LogP) is 3.04. The first-order valence-corrected chi connectivity index (χ1v) is 6.71. The van der Waals surface area contributed by atoms with Crippen LogP contribution >= 0.6 is 0 Å². The molecule has 0 bridgehead atoms. The van der Waals surface area contributed by atoms with Gasteiger partial charge in [-0.05, 0) is 24.8 Å². The average Bonchev–Trinajstić information content (AvgIpc) is 2.72. The zero-order valence-corrected chi connectivity index (χ0v) is 10.8. The summed E-state index contributed by atoms with van der Waals surface area (Å²) in [5.41, 5.74) is 0.223. The first-order chi connectivity index (χ1) is 8.66. The fourth-order valence-electron chi connectivity index (χ4n) is 2.61. The van der Waals surface area contributed by atoms with Crippen molar-refractivity contribution in [3.8, 4) is 0 Å². The molecule has 4 nitrogen and oxygen atoms in total. The summed E-state index contributed by atoms with van der Waals surface area (Å²) in [7, 11) is 0. The highest BCUT2D eigenvalue weighted by Crippen LogP contribution is 2.23. The number of nitrogens with one attached hydrogen (secondary N) is 1. The van der Waals surface area contributed by atoms with Crippen molar-refractivity contribution in [3.05, 3.63) is 23.7 Å². The smallest absolute Gasteiger partial charge is 0.338 e. The second-order valence-electron chi connectivity index (χ2n) is 5.21. The summed E-state index contributed by atoms with van der Waals surface area (Å²) in [6, 6.07) is 2.11. The molecule has 100 valence electrons. The Hall–Kier alpha value is -1.29. The SMILES string of the molecule is CC1CCCCCC1NCc1cc(C(=O)O)co1. The second-order valence-corrected chi connectivity index (χ2v) is 5.21. The summed E-state index contributed by atoms with van der Waals surface area (Å²) >= 11 is 0. The molecule has 2 unspecified atom stereocenters. The number of carboxylic acids is 1. The molecule has 0 aliphatic heterocycles. The Balaban J connectivity index is 1.87. The molecule has 4 heteroatoms. The Kier molecular flexibility index (Phi) is 4.42. The standard InChI is InChI=1S/C14H21NO3/c1-10-5-3-2-4-6-13(10)15-8-12-7-11(9-18-12)14(16)17/h7,9-10,13,15H,2-6,8H2,1H3,(H,16,17). The molecule has 0 saturated heterocycles. The molecule has 1 aromatic rings. The molecule has 1 fully saturated rings. The van der Waals surface area contributed by atoms with Gasteiger partial charge in [0.05, 0.1) is 12.1 Å². The van der Waals surface area contributed by atoms with Crippen molar-refractivity contribution in [1.82, 2.24) is 5.32 Å². The van der Waals surface area contributed by atoms with Crippen LogP contribution in [-0.4, -0.2) is 17.1 Å². The summed E-state index contributed by atoms with van der Waals surface area (Å²) in [6.07, 6.45) is 7.70. The molecular weight excluding hydrogens is 230 g/mol. The Bertz CT molecular complexity index is 399. The van der Waals surface area contributed by atoms with Crippen LogP contribution < -0.4 is 5.32 Å². The van der Waals surface area contributed by atoms with Crippen molar-refractivity contribution in [3.63, 3.8) is 0 Å². The minimum absolute atomic E-state index is 0.223. The minimum atomic E-state index is -0.937. The van der Waals surface area contributed by atoms with Crippen LogP contribution in [0, 0.1) is 5.92 Å². The Morgan fingerprint density at radius 3 is 2.94 bits per heavy atom. The van der Waals surface area contributed by atoms with Crippen LogP contribution in [-0.2, 0) is 6.54 Å². The monoisotopic (exact) mass is 251 g/mol. The van der Waals surface area contributed by atoms with Gasteiger partial charge in [-0.15, -0.1) is 0 Å². The maximum absolute atomic E-state index is 10.7. The fraction of sp³-hybridized carbons (Fsp3) is 0.643. The van der Waals surface area contributed by atoms with E-state index in [-0.39, 0.29) is 5.56 Å². The van der Waals surface area contributed by atoms with E-state index in [1.54, 1.807) is 6.07 Å². The number of furan rings is 1. The van der Waals surface area contributed by atoms with Gasteiger partial charge in [-0.2, -0.15) is 0 Å². The molecule has 0 spiro atoms. The Morgan fingerprint density at radius 1 is 1.44 bits per heavy atom. The highest BCUT2D eigenvalue weighted by atomic mass is 16.4. The summed E-state index contributed by atoms with van der Waals surface area (Å²) in [5.74, 6) is 0.443. The van der Waals surface area contributed by atoms with Gasteiger partial charge in [0.25, 0.3) is 0 Å². The third kappa shape index (κ3) is 3.35. The highest BCUT2D eigenvalue weighted by Gasteiger charge is 2.19. The van der Waals surface area contributed by atoms with E-state index in [1.165, 1.54) is 38.4 Å². The summed E-state index contributed by atoms with van der Waals surface area (Å²) < 4.78 is 5.24. The van der Waals surface area contributed by atoms with E-state index in [2.05, 4.69) is 12.2 Å². The van der Waals surface area contributed by atoms with Crippen molar-refractivity contribution in [2.24, 2.45) is 5.92 Å². The fourth-order valence-corrected chi connectivity index (χ4v) is 2.61. The summed E-state index contributed by atoms with van der Waals surface area (Å²) in [4.78, 5) is 10.7. The minimum Gasteiger partial charge on any atom is -0.478 e. The van der Waals surface area contributed by atoms with Crippen LogP contribution in [0.5, 0.6) is 0 Å². The maximum atomic E-state index is 10.7. The molecule has 1 aliphatic rings. The van der Waals surface area contributed by atoms with Crippen molar-refractivity contribution in [2.45, 2.75) is 51.6 Å². The van der Waals surface area contributed by atoms with Gasteiger partial charge in [-0.25, -0.2) is 4.79 Å². The molecule has 1 aliphatic carbocycles. The summed E-state index contributed by atoms with van der Waals surface area (Å²) in [6.45, 7) is 2.90. The van der Waals surface area contributed by atoms with Crippen LogP contribution in [0.15, 0.2) is 16.7 Å². The van der Waals surface area contributed by atoms with Crippen molar-refractivity contribution < 1.29 is 14.3 Å². The molecule has 18 heavy (non-hydrogen) atoms. The van der Waals surface area contributed by atoms with Crippen molar-refractivity contribution >= 4 is 5.97 Å². The number of rotatable bonds is 4. The van der Waals surface area contributed by atoms with Gasteiger partial charge < -0.3 is 14.8 Å². The number of carbonyl (C=O) groups is 1. The number of carboxylic acid groups (broad SMARTS) is 1. The quantitative estimate of drug-likeness (QED) is 0.807. The number of aromatic carboxylic acids is 1. The first-order valence-electron chi connectivity index (χ1n) is 6.71. The van der Waals surface area contributed by atoms with E-state index in [0.717, 1.165) is 0 Å². The molecule has 2 atom stereocenters. The molecule has 2 N–H and O–H groups in total. The van der Waals surface area contributed by atoms with E-state index in [4.69, 9.17) is 9.52 Å². The lowest BCUT2D eigenvalue weighted by atomic mass is 9.97. The molecular formula is C14H21NO3. The Labute approximate surface area is 107 Å². The van der Waals surface area contributed by atoms with E-state index in [1.807, 2.05) is 0 Å². The van der Waals surface area contributed by atoms with E-state index < -0.39 is 5.97 Å². The van der Waals surface area contributed by atoms with Gasteiger partial charge in [0.1, 0.15) is 12.0 Å².